The minimum absolute atomic E-state index is 0.111. The van der Waals surface area contributed by atoms with Gasteiger partial charge in [0.25, 0.3) is 0 Å². The summed E-state index contributed by atoms with van der Waals surface area (Å²) in [4.78, 5) is 11.3. The number of carbonyl (C=O) groups is 1. The molecule has 1 unspecified atom stereocenters. The summed E-state index contributed by atoms with van der Waals surface area (Å²) in [6.45, 7) is 5.74. The maximum absolute atomic E-state index is 11.3. The molecule has 0 fully saturated rings. The molecule has 0 bridgehead atoms. The Balaban J connectivity index is 2.31. The van der Waals surface area contributed by atoms with Crippen molar-refractivity contribution in [2.24, 2.45) is 0 Å². The molecule has 0 amide bonds. The monoisotopic (exact) mass is 289 g/mol. The SMILES string of the molecule is CCC(C(=O)O)n1nncc1-c1ccc(OC(C)C)cc1. The van der Waals surface area contributed by atoms with E-state index in [-0.39, 0.29) is 6.10 Å². The average Bonchev–Trinajstić information content (AvgIpc) is 2.88. The zero-order valence-corrected chi connectivity index (χ0v) is 12.4. The summed E-state index contributed by atoms with van der Waals surface area (Å²) >= 11 is 0. The summed E-state index contributed by atoms with van der Waals surface area (Å²) in [5, 5.41) is 17.0. The van der Waals surface area contributed by atoms with E-state index >= 15 is 0 Å². The highest BCUT2D eigenvalue weighted by molar-refractivity contribution is 5.73. The molecule has 0 saturated carbocycles. The van der Waals surface area contributed by atoms with Crippen molar-refractivity contribution in [2.75, 3.05) is 0 Å². The molecule has 1 N–H and O–H groups in total. The molecule has 0 aliphatic rings. The summed E-state index contributed by atoms with van der Waals surface area (Å²) in [6.07, 6.45) is 2.13. The first-order valence-corrected chi connectivity index (χ1v) is 6.93. The van der Waals surface area contributed by atoms with Crippen molar-refractivity contribution in [3.8, 4) is 17.0 Å². The summed E-state index contributed by atoms with van der Waals surface area (Å²) in [6, 6.07) is 6.75. The lowest BCUT2D eigenvalue weighted by Gasteiger charge is -2.14. The Labute approximate surface area is 123 Å². The van der Waals surface area contributed by atoms with Crippen LogP contribution in [0.2, 0.25) is 0 Å². The van der Waals surface area contributed by atoms with E-state index in [4.69, 9.17) is 4.74 Å². The fraction of sp³-hybridized carbons (Fsp3) is 0.400. The summed E-state index contributed by atoms with van der Waals surface area (Å²) < 4.78 is 7.04. The fourth-order valence-electron chi connectivity index (χ4n) is 2.11. The molecule has 0 radical (unpaired) electrons. The van der Waals surface area contributed by atoms with E-state index in [1.807, 2.05) is 45.0 Å². The largest absolute Gasteiger partial charge is 0.491 e. The van der Waals surface area contributed by atoms with Crippen LogP contribution in [-0.4, -0.2) is 32.2 Å². The highest BCUT2D eigenvalue weighted by atomic mass is 16.5. The lowest BCUT2D eigenvalue weighted by molar-refractivity contribution is -0.141. The second-order valence-electron chi connectivity index (χ2n) is 5.02. The van der Waals surface area contributed by atoms with E-state index in [0.29, 0.717) is 12.1 Å². The van der Waals surface area contributed by atoms with Gasteiger partial charge in [0.15, 0.2) is 6.04 Å². The van der Waals surface area contributed by atoms with E-state index in [1.165, 1.54) is 4.68 Å². The molecule has 2 aromatic rings. The molecule has 1 heterocycles. The lowest BCUT2D eigenvalue weighted by atomic mass is 10.1. The van der Waals surface area contributed by atoms with Gasteiger partial charge in [-0.3, -0.25) is 0 Å². The van der Waals surface area contributed by atoms with E-state index < -0.39 is 12.0 Å². The molecule has 112 valence electrons. The summed E-state index contributed by atoms with van der Waals surface area (Å²) in [5.41, 5.74) is 1.54. The number of carboxylic acid groups (broad SMARTS) is 1. The zero-order chi connectivity index (χ0) is 15.4. The average molecular weight is 289 g/mol. The minimum Gasteiger partial charge on any atom is -0.491 e. The van der Waals surface area contributed by atoms with Gasteiger partial charge < -0.3 is 9.84 Å². The number of ether oxygens (including phenoxy) is 1. The van der Waals surface area contributed by atoms with Gasteiger partial charge in [0.2, 0.25) is 0 Å². The minimum atomic E-state index is -0.913. The predicted molar refractivity (Wildman–Crippen MR) is 78.2 cm³/mol. The van der Waals surface area contributed by atoms with Crippen LogP contribution in [0.15, 0.2) is 30.5 Å². The smallest absolute Gasteiger partial charge is 0.328 e. The maximum Gasteiger partial charge on any atom is 0.328 e. The zero-order valence-electron chi connectivity index (χ0n) is 12.4. The van der Waals surface area contributed by atoms with Gasteiger partial charge >= 0.3 is 5.97 Å². The molecule has 0 saturated heterocycles. The second kappa shape index (κ2) is 6.39. The summed E-state index contributed by atoms with van der Waals surface area (Å²) in [5.74, 6) is -0.137. The van der Waals surface area contributed by atoms with E-state index in [9.17, 15) is 9.90 Å². The third-order valence-electron chi connectivity index (χ3n) is 3.06. The molecule has 2 rings (SSSR count). The highest BCUT2D eigenvalue weighted by Crippen LogP contribution is 2.25. The molecule has 1 aromatic carbocycles. The van der Waals surface area contributed by atoms with Crippen LogP contribution in [0.5, 0.6) is 5.75 Å². The van der Waals surface area contributed by atoms with Crippen LogP contribution in [-0.2, 0) is 4.79 Å². The van der Waals surface area contributed by atoms with E-state index in [2.05, 4.69) is 10.3 Å². The molecular weight excluding hydrogens is 270 g/mol. The van der Waals surface area contributed by atoms with Gasteiger partial charge in [-0.05, 0) is 44.5 Å². The van der Waals surface area contributed by atoms with Crippen LogP contribution < -0.4 is 4.74 Å². The van der Waals surface area contributed by atoms with Crippen LogP contribution >= 0.6 is 0 Å². The van der Waals surface area contributed by atoms with Crippen molar-refractivity contribution in [1.29, 1.82) is 0 Å². The normalized spacial score (nSPS) is 12.4. The molecule has 6 heteroatoms. The van der Waals surface area contributed by atoms with Crippen LogP contribution in [0, 0.1) is 0 Å². The molecule has 0 aliphatic carbocycles. The third-order valence-corrected chi connectivity index (χ3v) is 3.06. The number of aromatic nitrogens is 3. The molecule has 21 heavy (non-hydrogen) atoms. The number of carboxylic acids is 1. The number of hydrogen-bond donors (Lipinski definition) is 1. The van der Waals surface area contributed by atoms with Crippen LogP contribution in [0.3, 0.4) is 0 Å². The molecule has 0 spiro atoms. The lowest BCUT2D eigenvalue weighted by Crippen LogP contribution is -2.20. The Hall–Kier alpha value is -2.37. The first-order chi connectivity index (χ1) is 10.0. The number of benzene rings is 1. The van der Waals surface area contributed by atoms with E-state index in [0.717, 1.165) is 11.3 Å². The molecular formula is C15H19N3O3. The van der Waals surface area contributed by atoms with E-state index in [1.54, 1.807) is 6.20 Å². The van der Waals surface area contributed by atoms with Gasteiger partial charge in [-0.15, -0.1) is 5.10 Å². The van der Waals surface area contributed by atoms with Gasteiger partial charge in [-0.2, -0.15) is 0 Å². The van der Waals surface area contributed by atoms with Crippen LogP contribution in [0.25, 0.3) is 11.3 Å². The first-order valence-electron chi connectivity index (χ1n) is 6.93. The number of aliphatic carboxylic acids is 1. The van der Waals surface area contributed by atoms with Crippen molar-refractivity contribution in [3.05, 3.63) is 30.5 Å². The third kappa shape index (κ3) is 3.39. The standard InChI is InChI=1S/C15H19N3O3/c1-4-13(15(19)20)18-14(9-16-17-18)11-5-7-12(8-6-11)21-10(2)3/h5-10,13H,4H2,1-3H3,(H,19,20). The van der Waals surface area contributed by atoms with Crippen molar-refractivity contribution >= 4 is 5.97 Å². The molecule has 1 atom stereocenters. The van der Waals surface area contributed by atoms with Gasteiger partial charge in [0.05, 0.1) is 18.0 Å². The van der Waals surface area contributed by atoms with Gasteiger partial charge in [-0.1, -0.05) is 12.1 Å². The Kier molecular flexibility index (Phi) is 4.57. The van der Waals surface area contributed by atoms with Crippen LogP contribution in [0.1, 0.15) is 33.2 Å². The second-order valence-corrected chi connectivity index (χ2v) is 5.02. The number of nitrogens with zero attached hydrogens (tertiary/aromatic N) is 3. The number of rotatable bonds is 6. The Bertz CT molecular complexity index is 605. The Morgan fingerprint density at radius 2 is 2.00 bits per heavy atom. The van der Waals surface area contributed by atoms with Crippen molar-refractivity contribution < 1.29 is 14.6 Å². The highest BCUT2D eigenvalue weighted by Gasteiger charge is 2.21. The Morgan fingerprint density at radius 1 is 1.33 bits per heavy atom. The van der Waals surface area contributed by atoms with Crippen molar-refractivity contribution in [3.63, 3.8) is 0 Å². The van der Waals surface area contributed by atoms with Crippen LogP contribution in [0.4, 0.5) is 0 Å². The van der Waals surface area contributed by atoms with Crippen molar-refractivity contribution in [1.82, 2.24) is 15.0 Å². The molecule has 0 aliphatic heterocycles. The predicted octanol–water partition coefficient (Wildman–Crippen LogP) is 2.77. The fourth-order valence-corrected chi connectivity index (χ4v) is 2.11. The summed E-state index contributed by atoms with van der Waals surface area (Å²) in [7, 11) is 0. The topological polar surface area (TPSA) is 77.2 Å². The molecule has 6 nitrogen and oxygen atoms in total. The van der Waals surface area contributed by atoms with Gasteiger partial charge in [0, 0.05) is 5.56 Å². The first kappa shape index (κ1) is 15.0. The van der Waals surface area contributed by atoms with Gasteiger partial charge in [0.1, 0.15) is 5.75 Å². The Morgan fingerprint density at radius 3 is 2.52 bits per heavy atom. The quantitative estimate of drug-likeness (QED) is 0.884. The number of hydrogen-bond acceptors (Lipinski definition) is 4. The molecule has 1 aromatic heterocycles. The van der Waals surface area contributed by atoms with Gasteiger partial charge in [-0.25, -0.2) is 9.48 Å². The van der Waals surface area contributed by atoms with Crippen molar-refractivity contribution in [2.45, 2.75) is 39.3 Å². The maximum atomic E-state index is 11.3.